The standard InChI is InChI=1S/C13H13N3O2/c17-13(18)11-3-5-16-12(6-11)9-15-8-10-2-1-4-14-7-10/h1-7,15H,8-9H2,(H,17,18). The van der Waals surface area contributed by atoms with Gasteiger partial charge in [0.15, 0.2) is 0 Å². The van der Waals surface area contributed by atoms with E-state index in [0.717, 1.165) is 5.56 Å². The number of hydrogen-bond donors (Lipinski definition) is 2. The average Bonchev–Trinajstić information content (AvgIpc) is 2.40. The fourth-order valence-corrected chi connectivity index (χ4v) is 1.55. The molecule has 0 bridgehead atoms. The third-order valence-corrected chi connectivity index (χ3v) is 2.42. The molecular formula is C13H13N3O2. The van der Waals surface area contributed by atoms with E-state index in [1.165, 1.54) is 12.3 Å². The Morgan fingerprint density at radius 2 is 2.17 bits per heavy atom. The Balaban J connectivity index is 1.90. The molecule has 0 saturated carbocycles. The highest BCUT2D eigenvalue weighted by Crippen LogP contribution is 2.02. The van der Waals surface area contributed by atoms with Gasteiger partial charge in [0, 0.05) is 31.7 Å². The molecule has 0 saturated heterocycles. The molecule has 0 amide bonds. The monoisotopic (exact) mass is 243 g/mol. The minimum absolute atomic E-state index is 0.253. The van der Waals surface area contributed by atoms with E-state index in [-0.39, 0.29) is 5.56 Å². The van der Waals surface area contributed by atoms with Crippen molar-refractivity contribution in [2.75, 3.05) is 0 Å². The zero-order chi connectivity index (χ0) is 12.8. The predicted molar refractivity (Wildman–Crippen MR) is 66.0 cm³/mol. The summed E-state index contributed by atoms with van der Waals surface area (Å²) in [6.45, 7) is 1.20. The van der Waals surface area contributed by atoms with Crippen LogP contribution < -0.4 is 5.32 Å². The number of nitrogens with zero attached hydrogens (tertiary/aromatic N) is 2. The molecule has 0 aliphatic rings. The number of carboxylic acid groups (broad SMARTS) is 1. The molecule has 2 rings (SSSR count). The zero-order valence-corrected chi connectivity index (χ0v) is 9.71. The van der Waals surface area contributed by atoms with Crippen molar-refractivity contribution < 1.29 is 9.90 Å². The lowest BCUT2D eigenvalue weighted by Gasteiger charge is -2.04. The lowest BCUT2D eigenvalue weighted by atomic mass is 10.2. The maximum Gasteiger partial charge on any atom is 0.335 e. The first-order chi connectivity index (χ1) is 8.75. The average molecular weight is 243 g/mol. The maximum absolute atomic E-state index is 10.8. The molecule has 0 aliphatic carbocycles. The van der Waals surface area contributed by atoms with E-state index in [1.807, 2.05) is 12.1 Å². The second-order valence-corrected chi connectivity index (χ2v) is 3.81. The van der Waals surface area contributed by atoms with Crippen molar-refractivity contribution >= 4 is 5.97 Å². The zero-order valence-electron chi connectivity index (χ0n) is 9.71. The van der Waals surface area contributed by atoms with Crippen molar-refractivity contribution in [3.63, 3.8) is 0 Å². The fraction of sp³-hybridized carbons (Fsp3) is 0.154. The van der Waals surface area contributed by atoms with Crippen LogP contribution in [0.4, 0.5) is 0 Å². The minimum atomic E-state index is -0.939. The van der Waals surface area contributed by atoms with Crippen molar-refractivity contribution in [3.8, 4) is 0 Å². The van der Waals surface area contributed by atoms with E-state index in [0.29, 0.717) is 18.8 Å². The van der Waals surface area contributed by atoms with Crippen molar-refractivity contribution in [3.05, 3.63) is 59.7 Å². The summed E-state index contributed by atoms with van der Waals surface area (Å²) in [7, 11) is 0. The van der Waals surface area contributed by atoms with Crippen LogP contribution >= 0.6 is 0 Å². The molecule has 0 spiro atoms. The summed E-state index contributed by atoms with van der Waals surface area (Å²) in [5.41, 5.74) is 2.04. The Hall–Kier alpha value is -2.27. The number of rotatable bonds is 5. The van der Waals surface area contributed by atoms with Gasteiger partial charge in [-0.3, -0.25) is 9.97 Å². The van der Waals surface area contributed by atoms with Crippen molar-refractivity contribution in [2.24, 2.45) is 0 Å². The van der Waals surface area contributed by atoms with Gasteiger partial charge in [0.1, 0.15) is 0 Å². The van der Waals surface area contributed by atoms with Crippen LogP contribution in [0.5, 0.6) is 0 Å². The molecule has 5 nitrogen and oxygen atoms in total. The molecule has 2 aromatic heterocycles. The molecule has 0 fully saturated rings. The second-order valence-electron chi connectivity index (χ2n) is 3.81. The molecule has 2 heterocycles. The summed E-state index contributed by atoms with van der Waals surface area (Å²) in [5, 5.41) is 12.0. The summed E-state index contributed by atoms with van der Waals surface area (Å²) in [6.07, 6.45) is 5.01. The van der Waals surface area contributed by atoms with E-state index in [1.54, 1.807) is 18.5 Å². The predicted octanol–water partition coefficient (Wildman–Crippen LogP) is 1.46. The summed E-state index contributed by atoms with van der Waals surface area (Å²) < 4.78 is 0. The summed E-state index contributed by atoms with van der Waals surface area (Å²) in [4.78, 5) is 18.9. The molecule has 0 radical (unpaired) electrons. The van der Waals surface area contributed by atoms with Gasteiger partial charge in [-0.2, -0.15) is 0 Å². The van der Waals surface area contributed by atoms with Crippen molar-refractivity contribution in [1.29, 1.82) is 0 Å². The Labute approximate surface area is 105 Å². The first kappa shape index (κ1) is 12.2. The van der Waals surface area contributed by atoms with Gasteiger partial charge in [-0.25, -0.2) is 4.79 Å². The van der Waals surface area contributed by atoms with Gasteiger partial charge >= 0.3 is 5.97 Å². The van der Waals surface area contributed by atoms with Gasteiger partial charge in [-0.15, -0.1) is 0 Å². The lowest BCUT2D eigenvalue weighted by Crippen LogP contribution is -2.14. The normalized spacial score (nSPS) is 10.2. The van der Waals surface area contributed by atoms with Crippen LogP contribution in [0.1, 0.15) is 21.6 Å². The van der Waals surface area contributed by atoms with Gasteiger partial charge in [-0.05, 0) is 23.8 Å². The molecule has 2 aromatic rings. The number of hydrogen-bond acceptors (Lipinski definition) is 4. The highest BCUT2D eigenvalue weighted by molar-refractivity contribution is 5.87. The van der Waals surface area contributed by atoms with Crippen molar-refractivity contribution in [2.45, 2.75) is 13.1 Å². The van der Waals surface area contributed by atoms with Gasteiger partial charge in [0.25, 0.3) is 0 Å². The summed E-state index contributed by atoms with van der Waals surface area (Å²) in [5.74, 6) is -0.939. The van der Waals surface area contributed by atoms with Crippen LogP contribution in [0, 0.1) is 0 Å². The van der Waals surface area contributed by atoms with Gasteiger partial charge in [-0.1, -0.05) is 6.07 Å². The highest BCUT2D eigenvalue weighted by atomic mass is 16.4. The number of carboxylic acids is 1. The number of nitrogens with one attached hydrogen (secondary N) is 1. The van der Waals surface area contributed by atoms with Gasteiger partial charge in [0.2, 0.25) is 0 Å². The van der Waals surface area contributed by atoms with Crippen LogP contribution in [0.2, 0.25) is 0 Å². The number of aromatic nitrogens is 2. The van der Waals surface area contributed by atoms with Crippen LogP contribution in [-0.4, -0.2) is 21.0 Å². The molecular weight excluding hydrogens is 230 g/mol. The van der Waals surface area contributed by atoms with E-state index in [9.17, 15) is 4.79 Å². The topological polar surface area (TPSA) is 75.1 Å². The Kier molecular flexibility index (Phi) is 3.98. The molecule has 0 atom stereocenters. The van der Waals surface area contributed by atoms with E-state index >= 15 is 0 Å². The minimum Gasteiger partial charge on any atom is -0.478 e. The van der Waals surface area contributed by atoms with Crippen LogP contribution in [0.25, 0.3) is 0 Å². The van der Waals surface area contributed by atoms with Gasteiger partial charge < -0.3 is 10.4 Å². The van der Waals surface area contributed by atoms with Crippen LogP contribution in [-0.2, 0) is 13.1 Å². The van der Waals surface area contributed by atoms with Crippen molar-refractivity contribution in [1.82, 2.24) is 15.3 Å². The first-order valence-corrected chi connectivity index (χ1v) is 5.53. The fourth-order valence-electron chi connectivity index (χ4n) is 1.55. The largest absolute Gasteiger partial charge is 0.478 e. The Morgan fingerprint density at radius 3 is 2.89 bits per heavy atom. The summed E-state index contributed by atoms with van der Waals surface area (Å²) >= 11 is 0. The molecule has 18 heavy (non-hydrogen) atoms. The quantitative estimate of drug-likeness (QED) is 0.831. The molecule has 2 N–H and O–H groups in total. The Bertz CT molecular complexity index is 529. The van der Waals surface area contributed by atoms with Gasteiger partial charge in [0.05, 0.1) is 11.3 Å². The highest BCUT2D eigenvalue weighted by Gasteiger charge is 2.03. The van der Waals surface area contributed by atoms with E-state index in [2.05, 4.69) is 15.3 Å². The molecule has 0 unspecified atom stereocenters. The van der Waals surface area contributed by atoms with E-state index in [4.69, 9.17) is 5.11 Å². The third-order valence-electron chi connectivity index (χ3n) is 2.42. The SMILES string of the molecule is O=C(O)c1ccnc(CNCc2cccnc2)c1. The number of pyridine rings is 2. The Morgan fingerprint density at radius 1 is 1.28 bits per heavy atom. The molecule has 0 aromatic carbocycles. The van der Waals surface area contributed by atoms with Crippen LogP contribution in [0.15, 0.2) is 42.9 Å². The van der Waals surface area contributed by atoms with E-state index < -0.39 is 5.97 Å². The number of carbonyl (C=O) groups is 1. The molecule has 92 valence electrons. The second kappa shape index (κ2) is 5.88. The smallest absolute Gasteiger partial charge is 0.335 e. The first-order valence-electron chi connectivity index (χ1n) is 5.53. The molecule has 5 heteroatoms. The van der Waals surface area contributed by atoms with Crippen LogP contribution in [0.3, 0.4) is 0 Å². The lowest BCUT2D eigenvalue weighted by molar-refractivity contribution is 0.0696. The third kappa shape index (κ3) is 3.36. The maximum atomic E-state index is 10.8. The molecule has 0 aliphatic heterocycles. The number of aromatic carboxylic acids is 1. The summed E-state index contributed by atoms with van der Waals surface area (Å²) in [6, 6.07) is 6.90.